The fourth-order valence-electron chi connectivity index (χ4n) is 2.47. The molecule has 0 bridgehead atoms. The minimum atomic E-state index is 0.363. The van der Waals surface area contributed by atoms with E-state index < -0.39 is 0 Å². The fraction of sp³-hybridized carbons (Fsp3) is 0.462. The second-order valence-corrected chi connectivity index (χ2v) is 4.54. The summed E-state index contributed by atoms with van der Waals surface area (Å²) in [4.78, 5) is 8.51. The summed E-state index contributed by atoms with van der Waals surface area (Å²) in [6.45, 7) is 0.847. The smallest absolute Gasteiger partial charge is 0.213 e. The van der Waals surface area contributed by atoms with Crippen LogP contribution in [0.3, 0.4) is 0 Å². The molecule has 18 heavy (non-hydrogen) atoms. The Kier molecular flexibility index (Phi) is 3.32. The van der Waals surface area contributed by atoms with Crippen molar-refractivity contribution in [2.45, 2.75) is 31.7 Å². The Morgan fingerprint density at radius 1 is 1.39 bits per heavy atom. The van der Waals surface area contributed by atoms with Gasteiger partial charge in [-0.3, -0.25) is 4.98 Å². The molecule has 0 fully saturated rings. The SMILES string of the molecule is c1cnc2c(c1)CCCC2NCCc1ncon1. The molecule has 1 N–H and O–H groups in total. The summed E-state index contributed by atoms with van der Waals surface area (Å²) in [5.41, 5.74) is 2.58. The van der Waals surface area contributed by atoms with Crippen molar-refractivity contribution in [2.75, 3.05) is 6.54 Å². The summed E-state index contributed by atoms with van der Waals surface area (Å²) < 4.78 is 4.71. The van der Waals surface area contributed by atoms with Gasteiger partial charge in [-0.05, 0) is 30.9 Å². The van der Waals surface area contributed by atoms with Crippen LogP contribution in [0.5, 0.6) is 0 Å². The van der Waals surface area contributed by atoms with Crippen molar-refractivity contribution in [3.05, 3.63) is 41.8 Å². The molecule has 0 saturated heterocycles. The van der Waals surface area contributed by atoms with Crippen molar-refractivity contribution >= 4 is 0 Å². The Morgan fingerprint density at radius 2 is 2.39 bits per heavy atom. The lowest BCUT2D eigenvalue weighted by Gasteiger charge is -2.25. The molecule has 1 unspecified atom stereocenters. The first-order chi connectivity index (χ1) is 8.93. The summed E-state index contributed by atoms with van der Waals surface area (Å²) in [7, 11) is 0. The zero-order valence-corrected chi connectivity index (χ0v) is 10.2. The number of nitrogens with zero attached hydrogens (tertiary/aromatic N) is 3. The molecule has 5 nitrogen and oxygen atoms in total. The van der Waals surface area contributed by atoms with E-state index in [2.05, 4.69) is 26.5 Å². The third-order valence-electron chi connectivity index (χ3n) is 3.34. The molecule has 0 spiro atoms. The molecule has 0 radical (unpaired) electrons. The van der Waals surface area contributed by atoms with E-state index in [-0.39, 0.29) is 0 Å². The molecule has 1 aliphatic carbocycles. The second-order valence-electron chi connectivity index (χ2n) is 4.54. The molecule has 2 aromatic rings. The molecule has 5 heteroatoms. The van der Waals surface area contributed by atoms with E-state index in [4.69, 9.17) is 4.52 Å². The molecule has 94 valence electrons. The standard InChI is InChI=1S/C13H16N4O/c1-3-10-4-2-7-15-13(10)11(5-1)14-8-6-12-16-9-18-17-12/h2,4,7,9,11,14H,1,3,5-6,8H2. The zero-order valence-electron chi connectivity index (χ0n) is 10.2. The number of nitrogens with one attached hydrogen (secondary N) is 1. The average molecular weight is 244 g/mol. The predicted octanol–water partition coefficient (Wildman–Crippen LogP) is 1.67. The van der Waals surface area contributed by atoms with Crippen molar-refractivity contribution in [2.24, 2.45) is 0 Å². The maximum Gasteiger partial charge on any atom is 0.213 e. The third-order valence-corrected chi connectivity index (χ3v) is 3.34. The summed E-state index contributed by atoms with van der Waals surface area (Å²) >= 11 is 0. The van der Waals surface area contributed by atoms with Gasteiger partial charge >= 0.3 is 0 Å². The van der Waals surface area contributed by atoms with Gasteiger partial charge in [0.25, 0.3) is 0 Å². The van der Waals surface area contributed by atoms with Crippen molar-refractivity contribution in [1.29, 1.82) is 0 Å². The van der Waals surface area contributed by atoms with Gasteiger partial charge in [0.2, 0.25) is 6.39 Å². The fourth-order valence-corrected chi connectivity index (χ4v) is 2.47. The number of fused-ring (bicyclic) bond motifs is 1. The Labute approximate surface area is 106 Å². The zero-order chi connectivity index (χ0) is 12.2. The minimum Gasteiger partial charge on any atom is -0.343 e. The molecular formula is C13H16N4O. The van der Waals surface area contributed by atoms with Gasteiger partial charge in [-0.15, -0.1) is 0 Å². The summed E-state index contributed by atoms with van der Waals surface area (Å²) in [6, 6.07) is 4.55. The maximum atomic E-state index is 4.71. The molecule has 0 saturated carbocycles. The van der Waals surface area contributed by atoms with Crippen LogP contribution in [0.1, 0.15) is 36.0 Å². The van der Waals surface area contributed by atoms with Crippen LogP contribution >= 0.6 is 0 Å². The Balaban J connectivity index is 1.60. The van der Waals surface area contributed by atoms with Crippen molar-refractivity contribution in [3.63, 3.8) is 0 Å². The predicted molar refractivity (Wildman–Crippen MR) is 65.9 cm³/mol. The second kappa shape index (κ2) is 5.27. The molecule has 2 aromatic heterocycles. The van der Waals surface area contributed by atoms with Crippen LogP contribution < -0.4 is 5.32 Å². The summed E-state index contributed by atoms with van der Waals surface area (Å²) in [6.07, 6.45) is 7.54. The Hall–Kier alpha value is -1.75. The van der Waals surface area contributed by atoms with Crippen LogP contribution in [0.2, 0.25) is 0 Å². The number of pyridine rings is 1. The van der Waals surface area contributed by atoms with Crippen molar-refractivity contribution in [3.8, 4) is 0 Å². The average Bonchev–Trinajstić information content (AvgIpc) is 2.92. The molecular weight excluding hydrogens is 228 g/mol. The molecule has 0 amide bonds. The van der Waals surface area contributed by atoms with Gasteiger partial charge < -0.3 is 9.84 Å². The molecule has 2 heterocycles. The van der Waals surface area contributed by atoms with Crippen LogP contribution in [-0.2, 0) is 12.8 Å². The van der Waals surface area contributed by atoms with Gasteiger partial charge in [0.15, 0.2) is 5.82 Å². The number of aryl methyl sites for hydroxylation is 1. The number of hydrogen-bond donors (Lipinski definition) is 1. The first-order valence-electron chi connectivity index (χ1n) is 6.36. The van der Waals surface area contributed by atoms with Gasteiger partial charge in [-0.25, -0.2) is 0 Å². The van der Waals surface area contributed by atoms with E-state index in [1.54, 1.807) is 0 Å². The normalized spacial score (nSPS) is 18.6. The lowest BCUT2D eigenvalue weighted by Crippen LogP contribution is -2.28. The maximum absolute atomic E-state index is 4.71. The highest BCUT2D eigenvalue weighted by Gasteiger charge is 2.20. The van der Waals surface area contributed by atoms with Crippen LogP contribution in [-0.4, -0.2) is 21.7 Å². The molecule has 3 rings (SSSR count). The van der Waals surface area contributed by atoms with E-state index in [9.17, 15) is 0 Å². The Morgan fingerprint density at radius 3 is 3.28 bits per heavy atom. The minimum absolute atomic E-state index is 0.363. The summed E-state index contributed by atoms with van der Waals surface area (Å²) in [5.74, 6) is 0.750. The molecule has 0 aromatic carbocycles. The van der Waals surface area contributed by atoms with E-state index >= 15 is 0 Å². The van der Waals surface area contributed by atoms with Crippen LogP contribution in [0, 0.1) is 0 Å². The van der Waals surface area contributed by atoms with Crippen molar-refractivity contribution in [1.82, 2.24) is 20.4 Å². The Bertz CT molecular complexity index is 497. The number of hydrogen-bond acceptors (Lipinski definition) is 5. The van der Waals surface area contributed by atoms with E-state index in [0.29, 0.717) is 6.04 Å². The van der Waals surface area contributed by atoms with Crippen LogP contribution in [0.4, 0.5) is 0 Å². The lowest BCUT2D eigenvalue weighted by atomic mass is 9.92. The van der Waals surface area contributed by atoms with Crippen LogP contribution in [0.25, 0.3) is 0 Å². The van der Waals surface area contributed by atoms with Gasteiger partial charge in [0.05, 0.1) is 5.69 Å². The molecule has 1 atom stereocenters. The lowest BCUT2D eigenvalue weighted by molar-refractivity contribution is 0.405. The van der Waals surface area contributed by atoms with Gasteiger partial charge in [0, 0.05) is 25.2 Å². The number of aromatic nitrogens is 3. The van der Waals surface area contributed by atoms with E-state index in [1.807, 2.05) is 12.3 Å². The van der Waals surface area contributed by atoms with Gasteiger partial charge in [-0.1, -0.05) is 11.2 Å². The topological polar surface area (TPSA) is 63.8 Å². The summed E-state index contributed by atoms with van der Waals surface area (Å²) in [5, 5.41) is 7.33. The monoisotopic (exact) mass is 244 g/mol. The van der Waals surface area contributed by atoms with Gasteiger partial charge in [0.1, 0.15) is 0 Å². The van der Waals surface area contributed by atoms with E-state index in [1.165, 1.54) is 24.1 Å². The molecule has 0 aliphatic heterocycles. The van der Waals surface area contributed by atoms with E-state index in [0.717, 1.165) is 31.6 Å². The largest absolute Gasteiger partial charge is 0.343 e. The van der Waals surface area contributed by atoms with Gasteiger partial charge in [-0.2, -0.15) is 4.98 Å². The van der Waals surface area contributed by atoms with Crippen LogP contribution in [0.15, 0.2) is 29.2 Å². The van der Waals surface area contributed by atoms with Crippen molar-refractivity contribution < 1.29 is 4.52 Å². The first-order valence-corrected chi connectivity index (χ1v) is 6.36. The molecule has 1 aliphatic rings. The highest BCUT2D eigenvalue weighted by atomic mass is 16.5. The highest BCUT2D eigenvalue weighted by Crippen LogP contribution is 2.27. The quantitative estimate of drug-likeness (QED) is 0.886. The highest BCUT2D eigenvalue weighted by molar-refractivity contribution is 5.25. The first kappa shape index (κ1) is 11.3. The third kappa shape index (κ3) is 2.41. The number of rotatable bonds is 4.